The van der Waals surface area contributed by atoms with Gasteiger partial charge in [-0.05, 0) is 31.7 Å². The third-order valence-electron chi connectivity index (χ3n) is 3.73. The number of aromatic nitrogens is 1. The minimum atomic E-state index is 0.787. The molecule has 4 heteroatoms. The van der Waals surface area contributed by atoms with Crippen LogP contribution in [-0.2, 0) is 13.0 Å². The van der Waals surface area contributed by atoms with Crippen LogP contribution >= 0.6 is 11.3 Å². The zero-order valence-corrected chi connectivity index (χ0v) is 13.5. The SMILES string of the molecule is CCCc1nc(N2CC(C)CC(C)C2)sc1CNC. The molecule has 1 aliphatic heterocycles. The Morgan fingerprint density at radius 1 is 1.32 bits per heavy atom. The zero-order valence-electron chi connectivity index (χ0n) is 12.7. The molecule has 19 heavy (non-hydrogen) atoms. The van der Waals surface area contributed by atoms with Gasteiger partial charge >= 0.3 is 0 Å². The first kappa shape index (κ1) is 14.8. The van der Waals surface area contributed by atoms with Crippen molar-refractivity contribution in [3.05, 3.63) is 10.6 Å². The van der Waals surface area contributed by atoms with Crippen molar-refractivity contribution >= 4 is 16.5 Å². The molecule has 1 aliphatic rings. The third kappa shape index (κ3) is 3.69. The molecule has 108 valence electrons. The van der Waals surface area contributed by atoms with Gasteiger partial charge in [0.1, 0.15) is 0 Å². The number of thiazole rings is 1. The zero-order chi connectivity index (χ0) is 13.8. The van der Waals surface area contributed by atoms with Gasteiger partial charge in [-0.1, -0.05) is 27.2 Å². The van der Waals surface area contributed by atoms with Gasteiger partial charge in [0.2, 0.25) is 0 Å². The summed E-state index contributed by atoms with van der Waals surface area (Å²) in [6, 6.07) is 0. The molecule has 1 aromatic heterocycles. The Labute approximate surface area is 121 Å². The topological polar surface area (TPSA) is 28.2 Å². The van der Waals surface area contributed by atoms with Gasteiger partial charge in [0.05, 0.1) is 5.69 Å². The van der Waals surface area contributed by atoms with Crippen molar-refractivity contribution in [3.8, 4) is 0 Å². The monoisotopic (exact) mass is 281 g/mol. The summed E-state index contributed by atoms with van der Waals surface area (Å²) in [5.41, 5.74) is 1.31. The van der Waals surface area contributed by atoms with E-state index in [0.717, 1.165) is 24.8 Å². The summed E-state index contributed by atoms with van der Waals surface area (Å²) in [5, 5.41) is 4.51. The van der Waals surface area contributed by atoms with Crippen LogP contribution in [0, 0.1) is 11.8 Å². The van der Waals surface area contributed by atoms with E-state index in [-0.39, 0.29) is 0 Å². The highest BCUT2D eigenvalue weighted by atomic mass is 32.1. The van der Waals surface area contributed by atoms with E-state index in [9.17, 15) is 0 Å². The van der Waals surface area contributed by atoms with E-state index in [1.165, 1.54) is 41.6 Å². The van der Waals surface area contributed by atoms with Gasteiger partial charge in [-0.15, -0.1) is 11.3 Å². The van der Waals surface area contributed by atoms with Crippen LogP contribution in [0.3, 0.4) is 0 Å². The summed E-state index contributed by atoms with van der Waals surface area (Å²) in [6.45, 7) is 10.2. The minimum absolute atomic E-state index is 0.787. The molecule has 2 heterocycles. The molecule has 0 aliphatic carbocycles. The van der Waals surface area contributed by atoms with Crippen LogP contribution in [-0.4, -0.2) is 25.1 Å². The van der Waals surface area contributed by atoms with Crippen molar-refractivity contribution in [2.75, 3.05) is 25.0 Å². The van der Waals surface area contributed by atoms with Crippen molar-refractivity contribution in [1.29, 1.82) is 0 Å². The summed E-state index contributed by atoms with van der Waals surface area (Å²) in [6.07, 6.45) is 3.63. The van der Waals surface area contributed by atoms with Crippen molar-refractivity contribution in [2.24, 2.45) is 11.8 Å². The molecule has 1 fully saturated rings. The third-order valence-corrected chi connectivity index (χ3v) is 4.89. The van der Waals surface area contributed by atoms with Crippen LogP contribution in [0.1, 0.15) is 44.2 Å². The largest absolute Gasteiger partial charge is 0.348 e. The molecule has 1 N–H and O–H groups in total. The maximum absolute atomic E-state index is 4.92. The number of aryl methyl sites for hydroxylation is 1. The van der Waals surface area contributed by atoms with Crippen molar-refractivity contribution in [1.82, 2.24) is 10.3 Å². The number of nitrogens with one attached hydrogen (secondary N) is 1. The smallest absolute Gasteiger partial charge is 0.185 e. The van der Waals surface area contributed by atoms with E-state index in [4.69, 9.17) is 4.98 Å². The van der Waals surface area contributed by atoms with Crippen molar-refractivity contribution in [3.63, 3.8) is 0 Å². The molecule has 0 amide bonds. The highest BCUT2D eigenvalue weighted by Crippen LogP contribution is 2.32. The predicted octanol–water partition coefficient (Wildman–Crippen LogP) is 3.30. The summed E-state index contributed by atoms with van der Waals surface area (Å²) in [4.78, 5) is 8.84. The number of anilines is 1. The number of hydrogen-bond acceptors (Lipinski definition) is 4. The number of rotatable bonds is 5. The summed E-state index contributed by atoms with van der Waals surface area (Å²) in [5.74, 6) is 1.57. The molecule has 1 aromatic rings. The molecule has 3 nitrogen and oxygen atoms in total. The number of nitrogens with zero attached hydrogens (tertiary/aromatic N) is 2. The molecule has 2 atom stereocenters. The van der Waals surface area contributed by atoms with Gasteiger partial charge in [0, 0.05) is 24.5 Å². The lowest BCUT2D eigenvalue weighted by atomic mass is 9.92. The average Bonchev–Trinajstić information content (AvgIpc) is 2.72. The second kappa shape index (κ2) is 6.71. The van der Waals surface area contributed by atoms with Crippen molar-refractivity contribution in [2.45, 2.75) is 46.6 Å². The van der Waals surface area contributed by atoms with Crippen LogP contribution in [0.5, 0.6) is 0 Å². The second-order valence-corrected chi connectivity index (χ2v) is 7.06. The van der Waals surface area contributed by atoms with Crippen LogP contribution in [0.25, 0.3) is 0 Å². The van der Waals surface area contributed by atoms with Gasteiger partial charge in [0.15, 0.2) is 5.13 Å². The quantitative estimate of drug-likeness (QED) is 0.897. The highest BCUT2D eigenvalue weighted by Gasteiger charge is 2.24. The van der Waals surface area contributed by atoms with E-state index >= 15 is 0 Å². The first-order chi connectivity index (χ1) is 9.13. The summed E-state index contributed by atoms with van der Waals surface area (Å²) < 4.78 is 0. The molecule has 0 saturated carbocycles. The molecule has 0 radical (unpaired) electrons. The fourth-order valence-corrected chi connectivity index (χ4v) is 4.19. The summed E-state index contributed by atoms with van der Waals surface area (Å²) in [7, 11) is 2.01. The standard InChI is InChI=1S/C15H27N3S/c1-5-6-13-14(8-16-4)19-15(17-13)18-9-11(2)7-12(3)10-18/h11-12,16H,5-10H2,1-4H3. The molecular formula is C15H27N3S. The Bertz CT molecular complexity index is 369. The van der Waals surface area contributed by atoms with E-state index in [1.807, 2.05) is 18.4 Å². The van der Waals surface area contributed by atoms with E-state index in [1.54, 1.807) is 0 Å². The summed E-state index contributed by atoms with van der Waals surface area (Å²) >= 11 is 1.89. The molecule has 0 spiro atoms. The maximum Gasteiger partial charge on any atom is 0.185 e. The molecule has 1 saturated heterocycles. The Kier molecular flexibility index (Phi) is 5.22. The van der Waals surface area contributed by atoms with Gasteiger partial charge in [0.25, 0.3) is 0 Å². The van der Waals surface area contributed by atoms with Crippen LogP contribution in [0.4, 0.5) is 5.13 Å². The van der Waals surface area contributed by atoms with E-state index in [0.29, 0.717) is 0 Å². The first-order valence-corrected chi connectivity index (χ1v) is 8.33. The Morgan fingerprint density at radius 3 is 2.58 bits per heavy atom. The van der Waals surface area contributed by atoms with Gasteiger partial charge in [-0.2, -0.15) is 0 Å². The van der Waals surface area contributed by atoms with E-state index < -0.39 is 0 Å². The lowest BCUT2D eigenvalue weighted by Crippen LogP contribution is -2.38. The molecule has 2 unspecified atom stereocenters. The molecule has 2 rings (SSSR count). The lowest BCUT2D eigenvalue weighted by Gasteiger charge is -2.34. The maximum atomic E-state index is 4.92. The predicted molar refractivity (Wildman–Crippen MR) is 84.0 cm³/mol. The molecular weight excluding hydrogens is 254 g/mol. The lowest BCUT2D eigenvalue weighted by molar-refractivity contribution is 0.356. The fraction of sp³-hybridized carbons (Fsp3) is 0.800. The Morgan fingerprint density at radius 2 is 2.00 bits per heavy atom. The van der Waals surface area contributed by atoms with Crippen LogP contribution in [0.15, 0.2) is 0 Å². The molecule has 0 aromatic carbocycles. The Hall–Kier alpha value is -0.610. The minimum Gasteiger partial charge on any atom is -0.348 e. The van der Waals surface area contributed by atoms with Gasteiger partial charge < -0.3 is 10.2 Å². The normalized spacial score (nSPS) is 23.9. The average molecular weight is 281 g/mol. The fourth-order valence-electron chi connectivity index (χ4n) is 3.05. The number of piperidine rings is 1. The Balaban J connectivity index is 2.16. The van der Waals surface area contributed by atoms with Gasteiger partial charge in [-0.25, -0.2) is 4.98 Å². The second-order valence-electron chi connectivity index (χ2n) is 6.00. The highest BCUT2D eigenvalue weighted by molar-refractivity contribution is 7.15. The number of hydrogen-bond donors (Lipinski definition) is 1. The van der Waals surface area contributed by atoms with Crippen LogP contribution < -0.4 is 10.2 Å². The van der Waals surface area contributed by atoms with Crippen LogP contribution in [0.2, 0.25) is 0 Å². The van der Waals surface area contributed by atoms with Gasteiger partial charge in [-0.3, -0.25) is 0 Å². The first-order valence-electron chi connectivity index (χ1n) is 7.52. The van der Waals surface area contributed by atoms with E-state index in [2.05, 4.69) is 31.0 Å². The van der Waals surface area contributed by atoms with Crippen molar-refractivity contribution < 1.29 is 0 Å². The molecule has 0 bridgehead atoms.